The van der Waals surface area contributed by atoms with Crippen LogP contribution < -0.4 is 0 Å². The summed E-state index contributed by atoms with van der Waals surface area (Å²) in [6.45, 7) is 1.34. The number of nitrogens with zero attached hydrogens (tertiary/aromatic N) is 5. The normalized spacial score (nSPS) is 13.6. The van der Waals surface area contributed by atoms with Crippen LogP contribution >= 0.6 is 11.8 Å². The van der Waals surface area contributed by atoms with E-state index in [0.29, 0.717) is 11.7 Å². The molecule has 0 aliphatic heterocycles. The molecular weight excluding hydrogens is 306 g/mol. The van der Waals surface area contributed by atoms with E-state index < -0.39 is 16.2 Å². The highest BCUT2D eigenvalue weighted by Gasteiger charge is 2.18. The Morgan fingerprint density at radius 3 is 2.75 bits per heavy atom. The quantitative estimate of drug-likeness (QED) is 0.408. The average Bonchev–Trinajstić information content (AvgIpc) is 2.78. The van der Waals surface area contributed by atoms with Gasteiger partial charge in [-0.2, -0.15) is 8.42 Å². The Morgan fingerprint density at radius 2 is 2.20 bits per heavy atom. The maximum Gasteiger partial charge on any atom is 0.265 e. The third kappa shape index (κ3) is 6.41. The van der Waals surface area contributed by atoms with Crippen molar-refractivity contribution < 1.29 is 17.4 Å². The first-order valence-electron chi connectivity index (χ1n) is 5.61. The molecule has 0 aliphatic carbocycles. The van der Waals surface area contributed by atoms with Crippen molar-refractivity contribution in [3.63, 3.8) is 0 Å². The van der Waals surface area contributed by atoms with Gasteiger partial charge < -0.3 is 4.90 Å². The number of carbonyl (C=O) groups excluding carboxylic acids is 1. The minimum atomic E-state index is -3.70. The van der Waals surface area contributed by atoms with Crippen molar-refractivity contribution in [2.45, 2.75) is 17.8 Å². The Balaban J connectivity index is 2.56. The average molecular weight is 322 g/mol. The van der Waals surface area contributed by atoms with Crippen molar-refractivity contribution in [1.82, 2.24) is 25.1 Å². The summed E-state index contributed by atoms with van der Waals surface area (Å²) in [5, 5.41) is 11.7. The lowest BCUT2D eigenvalue weighted by molar-refractivity contribution is 0.289. The Morgan fingerprint density at radius 1 is 1.50 bits per heavy atom. The Labute approximate surface area is 121 Å². The topological polar surface area (TPSA) is 107 Å². The fourth-order valence-corrected chi connectivity index (χ4v) is 2.60. The molecule has 113 valence electrons. The molecule has 0 aromatic carbocycles. The first kappa shape index (κ1) is 17.0. The second-order valence-electron chi connectivity index (χ2n) is 4.21. The monoisotopic (exact) mass is 322 g/mol. The number of thioether (sulfide) groups is 1. The smallest absolute Gasteiger partial charge is 0.265 e. The van der Waals surface area contributed by atoms with Gasteiger partial charge in [-0.3, -0.25) is 8.98 Å². The minimum Gasteiger partial charge on any atom is -0.308 e. The first-order valence-corrected chi connectivity index (χ1v) is 8.41. The van der Waals surface area contributed by atoms with Gasteiger partial charge in [0.25, 0.3) is 10.1 Å². The van der Waals surface area contributed by atoms with Crippen LogP contribution in [-0.4, -0.2) is 78.6 Å². The van der Waals surface area contributed by atoms with Crippen LogP contribution in [0.15, 0.2) is 5.16 Å². The van der Waals surface area contributed by atoms with Crippen molar-refractivity contribution in [1.29, 1.82) is 0 Å². The van der Waals surface area contributed by atoms with Crippen LogP contribution in [0.25, 0.3) is 0 Å². The highest BCUT2D eigenvalue weighted by atomic mass is 32.2. The van der Waals surface area contributed by atoms with E-state index in [1.54, 1.807) is 4.68 Å². The molecule has 0 aliphatic rings. The number of rotatable bonds is 9. The SMILES string of the molecule is CN(C)CCn1nnnc1SCC([C]=O)OS(C)(=O)=O. The van der Waals surface area contributed by atoms with Gasteiger partial charge in [-0.25, -0.2) is 4.68 Å². The zero-order valence-corrected chi connectivity index (χ0v) is 13.0. The number of hydrogen-bond acceptors (Lipinski definition) is 9. The van der Waals surface area contributed by atoms with E-state index in [1.165, 1.54) is 6.29 Å². The molecule has 0 N–H and O–H groups in total. The molecule has 1 rings (SSSR count). The van der Waals surface area contributed by atoms with Crippen LogP contribution in [0.2, 0.25) is 0 Å². The lowest BCUT2D eigenvalue weighted by Crippen LogP contribution is -2.22. The Kier molecular flexibility index (Phi) is 6.52. The molecule has 20 heavy (non-hydrogen) atoms. The first-order chi connectivity index (χ1) is 9.31. The lowest BCUT2D eigenvalue weighted by Gasteiger charge is -2.11. The van der Waals surface area contributed by atoms with Crippen LogP contribution in [-0.2, 0) is 25.6 Å². The summed E-state index contributed by atoms with van der Waals surface area (Å²) < 4.78 is 28.0. The van der Waals surface area contributed by atoms with Crippen LogP contribution in [0.1, 0.15) is 0 Å². The van der Waals surface area contributed by atoms with Gasteiger partial charge in [0.05, 0.1) is 12.8 Å². The van der Waals surface area contributed by atoms with E-state index in [1.807, 2.05) is 19.0 Å². The highest BCUT2D eigenvalue weighted by Crippen LogP contribution is 2.16. The van der Waals surface area contributed by atoms with E-state index >= 15 is 0 Å². The summed E-state index contributed by atoms with van der Waals surface area (Å²) >= 11 is 1.14. The van der Waals surface area contributed by atoms with Crippen molar-refractivity contribution in [2.24, 2.45) is 0 Å². The van der Waals surface area contributed by atoms with Crippen LogP contribution in [0.5, 0.6) is 0 Å². The predicted molar refractivity (Wildman–Crippen MR) is 72.5 cm³/mol. The molecule has 1 aromatic rings. The van der Waals surface area contributed by atoms with Gasteiger partial charge in [0.15, 0.2) is 6.10 Å². The zero-order chi connectivity index (χ0) is 15.2. The summed E-state index contributed by atoms with van der Waals surface area (Å²) in [6.07, 6.45) is 1.24. The molecule has 0 spiro atoms. The molecule has 1 radical (unpaired) electrons. The van der Waals surface area contributed by atoms with E-state index in [9.17, 15) is 13.2 Å². The molecule has 1 aromatic heterocycles. The van der Waals surface area contributed by atoms with Crippen molar-refractivity contribution in [3.8, 4) is 0 Å². The molecule has 0 saturated heterocycles. The Bertz CT molecular complexity index is 530. The molecular formula is C9H16N5O4S2. The second kappa shape index (κ2) is 7.67. The molecule has 0 fully saturated rings. The molecule has 1 unspecified atom stereocenters. The Hall–Kier alpha value is -1.04. The molecule has 9 nitrogen and oxygen atoms in total. The van der Waals surface area contributed by atoms with Gasteiger partial charge in [0.2, 0.25) is 11.4 Å². The maximum absolute atomic E-state index is 10.9. The molecule has 0 amide bonds. The van der Waals surface area contributed by atoms with Crippen molar-refractivity contribution in [2.75, 3.05) is 32.6 Å². The molecule has 0 saturated carbocycles. The van der Waals surface area contributed by atoms with E-state index in [0.717, 1.165) is 24.6 Å². The van der Waals surface area contributed by atoms with Crippen LogP contribution in [0.3, 0.4) is 0 Å². The third-order valence-corrected chi connectivity index (χ3v) is 3.65. The summed E-state index contributed by atoms with van der Waals surface area (Å²) in [4.78, 5) is 12.6. The maximum atomic E-state index is 10.9. The van der Waals surface area contributed by atoms with E-state index in [4.69, 9.17) is 0 Å². The van der Waals surface area contributed by atoms with Gasteiger partial charge in [-0.15, -0.1) is 5.10 Å². The highest BCUT2D eigenvalue weighted by molar-refractivity contribution is 7.99. The lowest BCUT2D eigenvalue weighted by atomic mass is 10.5. The van der Waals surface area contributed by atoms with Crippen molar-refractivity contribution >= 4 is 28.2 Å². The summed E-state index contributed by atoms with van der Waals surface area (Å²) in [5.74, 6) is 0.0684. The predicted octanol–water partition coefficient (Wildman–Crippen LogP) is -1.22. The number of likely N-dealkylation sites (N-methyl/N-ethyl adjacent to an activating group) is 1. The zero-order valence-electron chi connectivity index (χ0n) is 11.4. The fraction of sp³-hybridized carbons (Fsp3) is 0.778. The van der Waals surface area contributed by atoms with Gasteiger partial charge in [0, 0.05) is 12.3 Å². The van der Waals surface area contributed by atoms with E-state index in [2.05, 4.69) is 19.7 Å². The number of aromatic nitrogens is 4. The van der Waals surface area contributed by atoms with Crippen molar-refractivity contribution in [3.05, 3.63) is 0 Å². The van der Waals surface area contributed by atoms with Gasteiger partial charge >= 0.3 is 0 Å². The minimum absolute atomic E-state index is 0.0684. The van der Waals surface area contributed by atoms with Gasteiger partial charge in [-0.05, 0) is 24.5 Å². The number of hydrogen-bond donors (Lipinski definition) is 0. The molecule has 1 heterocycles. The van der Waals surface area contributed by atoms with E-state index in [-0.39, 0.29) is 5.75 Å². The van der Waals surface area contributed by atoms with Gasteiger partial charge in [0.1, 0.15) is 0 Å². The molecule has 0 bridgehead atoms. The molecule has 1 atom stereocenters. The summed E-state index contributed by atoms with van der Waals surface area (Å²) in [6, 6.07) is 0. The fourth-order valence-electron chi connectivity index (χ4n) is 1.18. The third-order valence-electron chi connectivity index (χ3n) is 2.04. The summed E-state index contributed by atoms with van der Waals surface area (Å²) in [7, 11) is 0.151. The van der Waals surface area contributed by atoms with Crippen LogP contribution in [0, 0.1) is 0 Å². The van der Waals surface area contributed by atoms with Crippen LogP contribution in [0.4, 0.5) is 0 Å². The summed E-state index contributed by atoms with van der Waals surface area (Å²) in [5.41, 5.74) is 0. The van der Waals surface area contributed by atoms with Gasteiger partial charge in [-0.1, -0.05) is 11.8 Å². The largest absolute Gasteiger partial charge is 0.308 e. The number of tetrazole rings is 1. The molecule has 11 heteroatoms. The second-order valence-corrected chi connectivity index (χ2v) is 6.79. The standard InChI is InChI=1S/C9H16N5O4S2/c1-13(2)4-5-14-9(10-11-12-14)19-7-8(6-15)18-20(3,16)17/h8H,4-5,7H2,1-3H3.